The first-order chi connectivity index (χ1) is 9.02. The van der Waals surface area contributed by atoms with E-state index in [0.29, 0.717) is 6.54 Å². The van der Waals surface area contributed by atoms with E-state index in [1.54, 1.807) is 7.11 Å². The molecule has 102 valence electrons. The smallest absolute Gasteiger partial charge is 0.138 e. The van der Waals surface area contributed by atoms with Gasteiger partial charge in [-0.1, -0.05) is 5.16 Å². The van der Waals surface area contributed by atoms with Crippen LogP contribution in [0.15, 0.2) is 25.6 Å². The van der Waals surface area contributed by atoms with Crippen molar-refractivity contribution in [2.24, 2.45) is 0 Å². The Bertz CT molecular complexity index is 577. The van der Waals surface area contributed by atoms with E-state index in [4.69, 9.17) is 9.26 Å². The molecule has 2 aromatic rings. The first-order valence-corrected chi connectivity index (χ1v) is 7.30. The molecule has 0 aliphatic rings. The van der Waals surface area contributed by atoms with E-state index in [1.807, 2.05) is 26.0 Å². The Morgan fingerprint density at radius 2 is 2.00 bits per heavy atom. The molecular weight excluding hydrogens is 376 g/mol. The molecule has 0 fully saturated rings. The van der Waals surface area contributed by atoms with E-state index in [1.165, 1.54) is 0 Å². The van der Waals surface area contributed by atoms with Gasteiger partial charge in [0.25, 0.3) is 0 Å². The zero-order chi connectivity index (χ0) is 14.0. The maximum atomic E-state index is 5.29. The summed E-state index contributed by atoms with van der Waals surface area (Å²) in [6.45, 7) is 4.50. The van der Waals surface area contributed by atoms with Gasteiger partial charge in [0.15, 0.2) is 0 Å². The number of halogens is 2. The number of ether oxygens (including phenoxy) is 1. The molecule has 0 aliphatic carbocycles. The van der Waals surface area contributed by atoms with Crippen LogP contribution in [0.3, 0.4) is 0 Å². The molecule has 0 bridgehead atoms. The number of nitrogens with one attached hydrogen (secondary N) is 1. The van der Waals surface area contributed by atoms with Crippen molar-refractivity contribution >= 4 is 37.5 Å². The highest BCUT2D eigenvalue weighted by molar-refractivity contribution is 9.11. The minimum absolute atomic E-state index is 0.657. The van der Waals surface area contributed by atoms with Crippen LogP contribution in [0, 0.1) is 13.8 Å². The zero-order valence-electron chi connectivity index (χ0n) is 10.9. The molecule has 2 rings (SSSR count). The van der Waals surface area contributed by atoms with Crippen LogP contribution < -0.4 is 10.1 Å². The maximum Gasteiger partial charge on any atom is 0.138 e. The summed E-state index contributed by atoms with van der Waals surface area (Å²) in [4.78, 5) is 0. The molecule has 0 aliphatic heterocycles. The number of hydrogen-bond acceptors (Lipinski definition) is 4. The molecule has 1 aromatic heterocycles. The predicted octanol–water partition coefficient (Wildman–Crippen LogP) is 4.44. The van der Waals surface area contributed by atoms with E-state index >= 15 is 0 Å². The normalized spacial score (nSPS) is 10.6. The molecule has 0 atom stereocenters. The van der Waals surface area contributed by atoms with Gasteiger partial charge in [0, 0.05) is 22.6 Å². The van der Waals surface area contributed by atoms with Crippen molar-refractivity contribution in [3.63, 3.8) is 0 Å². The average molecular weight is 390 g/mol. The van der Waals surface area contributed by atoms with Crippen LogP contribution in [-0.2, 0) is 6.54 Å². The third kappa shape index (κ3) is 3.12. The third-order valence-electron chi connectivity index (χ3n) is 2.88. The first-order valence-electron chi connectivity index (χ1n) is 5.71. The van der Waals surface area contributed by atoms with Crippen molar-refractivity contribution in [1.29, 1.82) is 0 Å². The SMILES string of the molecule is COc1cc(NCc2c(C)noc2C)c(Br)cc1Br. The van der Waals surface area contributed by atoms with E-state index in [-0.39, 0.29) is 0 Å². The lowest BCUT2D eigenvalue weighted by Gasteiger charge is -2.11. The lowest BCUT2D eigenvalue weighted by molar-refractivity contribution is 0.392. The summed E-state index contributed by atoms with van der Waals surface area (Å²) in [6.07, 6.45) is 0. The van der Waals surface area contributed by atoms with E-state index in [9.17, 15) is 0 Å². The van der Waals surface area contributed by atoms with Crippen LogP contribution in [0.2, 0.25) is 0 Å². The zero-order valence-corrected chi connectivity index (χ0v) is 14.1. The van der Waals surface area contributed by atoms with Crippen molar-refractivity contribution in [2.45, 2.75) is 20.4 Å². The summed E-state index contributed by atoms with van der Waals surface area (Å²) in [5.74, 6) is 1.62. The Hall–Kier alpha value is -1.01. The topological polar surface area (TPSA) is 47.3 Å². The van der Waals surface area contributed by atoms with Gasteiger partial charge in [-0.05, 0) is 51.8 Å². The Kier molecular flexibility index (Phi) is 4.52. The van der Waals surface area contributed by atoms with Crippen molar-refractivity contribution in [2.75, 3.05) is 12.4 Å². The predicted molar refractivity (Wildman–Crippen MR) is 81.7 cm³/mol. The fraction of sp³-hybridized carbons (Fsp3) is 0.308. The minimum Gasteiger partial charge on any atom is -0.495 e. The van der Waals surface area contributed by atoms with E-state index in [0.717, 1.165) is 37.4 Å². The van der Waals surface area contributed by atoms with E-state index in [2.05, 4.69) is 42.3 Å². The van der Waals surface area contributed by atoms with Gasteiger partial charge in [0.05, 0.1) is 23.0 Å². The number of benzene rings is 1. The Morgan fingerprint density at radius 3 is 2.58 bits per heavy atom. The summed E-state index contributed by atoms with van der Waals surface area (Å²) < 4.78 is 12.3. The molecule has 0 saturated heterocycles. The number of aryl methyl sites for hydroxylation is 2. The van der Waals surface area contributed by atoms with Crippen LogP contribution in [-0.4, -0.2) is 12.3 Å². The fourth-order valence-electron chi connectivity index (χ4n) is 1.76. The molecule has 0 spiro atoms. The van der Waals surface area contributed by atoms with Gasteiger partial charge in [-0.3, -0.25) is 0 Å². The number of nitrogens with zero attached hydrogens (tertiary/aromatic N) is 1. The van der Waals surface area contributed by atoms with Crippen LogP contribution in [0.1, 0.15) is 17.0 Å². The van der Waals surface area contributed by atoms with Gasteiger partial charge in [0.2, 0.25) is 0 Å². The monoisotopic (exact) mass is 388 g/mol. The van der Waals surface area contributed by atoms with Crippen molar-refractivity contribution in [1.82, 2.24) is 5.16 Å². The Labute approximate surface area is 128 Å². The summed E-state index contributed by atoms with van der Waals surface area (Å²) in [7, 11) is 1.64. The van der Waals surface area contributed by atoms with Gasteiger partial charge in [0.1, 0.15) is 11.5 Å². The van der Waals surface area contributed by atoms with Crippen molar-refractivity contribution in [3.8, 4) is 5.75 Å². The van der Waals surface area contributed by atoms with Crippen LogP contribution in [0.4, 0.5) is 5.69 Å². The summed E-state index contributed by atoms with van der Waals surface area (Å²) in [5, 5.41) is 7.29. The largest absolute Gasteiger partial charge is 0.495 e. The summed E-state index contributed by atoms with van der Waals surface area (Å²) in [5.41, 5.74) is 2.94. The number of anilines is 1. The Morgan fingerprint density at radius 1 is 1.26 bits per heavy atom. The highest BCUT2D eigenvalue weighted by atomic mass is 79.9. The molecule has 1 N–H and O–H groups in total. The summed E-state index contributed by atoms with van der Waals surface area (Å²) in [6, 6.07) is 3.89. The molecule has 1 aromatic carbocycles. The number of rotatable bonds is 4. The molecule has 1 heterocycles. The average Bonchev–Trinajstić information content (AvgIpc) is 2.68. The molecular formula is C13H14Br2N2O2. The first kappa shape index (κ1) is 14.4. The fourth-order valence-corrected chi connectivity index (χ4v) is 3.05. The summed E-state index contributed by atoms with van der Waals surface area (Å²) >= 11 is 6.97. The lowest BCUT2D eigenvalue weighted by Crippen LogP contribution is -2.02. The van der Waals surface area contributed by atoms with Gasteiger partial charge in [-0.25, -0.2) is 0 Å². The molecule has 6 heteroatoms. The number of aromatic nitrogens is 1. The molecule has 4 nitrogen and oxygen atoms in total. The third-order valence-corrected chi connectivity index (χ3v) is 4.15. The van der Waals surface area contributed by atoms with Gasteiger partial charge in [-0.2, -0.15) is 0 Å². The van der Waals surface area contributed by atoms with E-state index < -0.39 is 0 Å². The van der Waals surface area contributed by atoms with Gasteiger partial charge >= 0.3 is 0 Å². The Balaban J connectivity index is 2.20. The minimum atomic E-state index is 0.657. The molecule has 0 unspecified atom stereocenters. The number of hydrogen-bond donors (Lipinski definition) is 1. The van der Waals surface area contributed by atoms with Gasteiger partial charge < -0.3 is 14.6 Å². The molecule has 0 radical (unpaired) electrons. The molecule has 19 heavy (non-hydrogen) atoms. The quantitative estimate of drug-likeness (QED) is 0.839. The lowest BCUT2D eigenvalue weighted by atomic mass is 10.2. The standard InChI is InChI=1S/C13H14Br2N2O2/c1-7-9(8(2)19-17-7)6-16-12-5-13(18-3)11(15)4-10(12)14/h4-5,16H,6H2,1-3H3. The van der Waals surface area contributed by atoms with Crippen molar-refractivity contribution < 1.29 is 9.26 Å². The molecule has 0 saturated carbocycles. The second kappa shape index (κ2) is 5.96. The van der Waals surface area contributed by atoms with Crippen LogP contribution in [0.5, 0.6) is 5.75 Å². The molecule has 0 amide bonds. The number of methoxy groups -OCH3 is 1. The van der Waals surface area contributed by atoms with Crippen LogP contribution in [0.25, 0.3) is 0 Å². The highest BCUT2D eigenvalue weighted by Crippen LogP contribution is 2.34. The maximum absolute atomic E-state index is 5.29. The van der Waals surface area contributed by atoms with Gasteiger partial charge in [-0.15, -0.1) is 0 Å². The highest BCUT2D eigenvalue weighted by Gasteiger charge is 2.11. The van der Waals surface area contributed by atoms with Crippen molar-refractivity contribution in [3.05, 3.63) is 38.1 Å². The second-order valence-corrected chi connectivity index (χ2v) is 5.83. The van der Waals surface area contributed by atoms with Crippen LogP contribution >= 0.6 is 31.9 Å². The second-order valence-electron chi connectivity index (χ2n) is 4.12.